The van der Waals surface area contributed by atoms with Crippen LogP contribution in [0.15, 0.2) is 54.7 Å². The first-order valence-electron chi connectivity index (χ1n) is 9.63. The van der Waals surface area contributed by atoms with E-state index in [2.05, 4.69) is 28.4 Å². The second kappa shape index (κ2) is 7.61. The summed E-state index contributed by atoms with van der Waals surface area (Å²) in [7, 11) is 0. The Morgan fingerprint density at radius 2 is 1.86 bits per heavy atom. The third-order valence-electron chi connectivity index (χ3n) is 5.44. The number of para-hydroxylation sites is 1. The number of H-pyrrole nitrogens is 1. The summed E-state index contributed by atoms with van der Waals surface area (Å²) in [4.78, 5) is 19.9. The van der Waals surface area contributed by atoms with E-state index in [-0.39, 0.29) is 5.91 Å². The summed E-state index contributed by atoms with van der Waals surface area (Å²) in [6, 6.07) is 15.7. The third kappa shape index (κ3) is 3.54. The zero-order valence-electron chi connectivity index (χ0n) is 15.6. The fraction of sp³-hybridized carbons (Fsp3) is 0.227. The second-order valence-electron chi connectivity index (χ2n) is 7.25. The molecule has 0 bridgehead atoms. The van der Waals surface area contributed by atoms with Gasteiger partial charge in [-0.3, -0.25) is 9.89 Å². The molecule has 5 rings (SSSR count). The van der Waals surface area contributed by atoms with Crippen molar-refractivity contribution < 1.29 is 4.79 Å². The highest BCUT2D eigenvalue weighted by atomic mass is 35.5. The molecule has 1 N–H and O–H groups in total. The van der Waals surface area contributed by atoms with E-state index in [1.54, 1.807) is 17.5 Å². The van der Waals surface area contributed by atoms with Crippen molar-refractivity contribution in [1.82, 2.24) is 20.1 Å². The molecule has 1 aliphatic heterocycles. The first-order chi connectivity index (χ1) is 14.2. The molecule has 1 saturated heterocycles. The Labute approximate surface area is 177 Å². The van der Waals surface area contributed by atoms with Crippen LogP contribution in [0.1, 0.15) is 34.1 Å². The molecule has 2 aromatic heterocycles. The highest BCUT2D eigenvalue weighted by Crippen LogP contribution is 2.34. The van der Waals surface area contributed by atoms with Gasteiger partial charge in [-0.15, -0.1) is 11.3 Å². The monoisotopic (exact) mass is 422 g/mol. The molecule has 146 valence electrons. The van der Waals surface area contributed by atoms with Crippen molar-refractivity contribution in [3.05, 3.63) is 70.3 Å². The number of amides is 1. The fourth-order valence-corrected chi connectivity index (χ4v) is 5.11. The van der Waals surface area contributed by atoms with Crippen molar-refractivity contribution in [3.8, 4) is 11.3 Å². The molecule has 0 spiro atoms. The largest absolute Gasteiger partial charge is 0.338 e. The number of likely N-dealkylation sites (tertiary alicyclic amines) is 1. The number of fused-ring (bicyclic) bond motifs is 1. The molecule has 5 nitrogen and oxygen atoms in total. The van der Waals surface area contributed by atoms with Gasteiger partial charge < -0.3 is 4.90 Å². The highest BCUT2D eigenvalue weighted by Gasteiger charge is 2.28. The Kier molecular flexibility index (Phi) is 4.81. The average Bonchev–Trinajstić information content (AvgIpc) is 3.41. The van der Waals surface area contributed by atoms with Crippen molar-refractivity contribution in [2.45, 2.75) is 18.8 Å². The molecular formula is C22H19ClN4OS. The zero-order valence-corrected chi connectivity index (χ0v) is 17.2. The average molecular weight is 423 g/mol. The maximum atomic E-state index is 13.1. The van der Waals surface area contributed by atoms with Crippen LogP contribution < -0.4 is 0 Å². The second-order valence-corrected chi connectivity index (χ2v) is 8.75. The molecule has 0 saturated carbocycles. The smallest absolute Gasteiger partial charge is 0.257 e. The number of halogens is 1. The Morgan fingerprint density at radius 1 is 1.10 bits per heavy atom. The Bertz CT molecular complexity index is 1130. The maximum absolute atomic E-state index is 13.1. The molecule has 1 amide bonds. The topological polar surface area (TPSA) is 61.9 Å². The van der Waals surface area contributed by atoms with Crippen LogP contribution in [0.25, 0.3) is 21.5 Å². The van der Waals surface area contributed by atoms with E-state index in [0.29, 0.717) is 16.5 Å². The number of nitrogens with zero attached hydrogens (tertiary/aromatic N) is 3. The van der Waals surface area contributed by atoms with Crippen LogP contribution in [-0.2, 0) is 0 Å². The van der Waals surface area contributed by atoms with Crippen LogP contribution in [0, 0.1) is 0 Å². The molecule has 4 aromatic rings. The lowest BCUT2D eigenvalue weighted by Gasteiger charge is -2.31. The first-order valence-corrected chi connectivity index (χ1v) is 10.8. The predicted molar refractivity (Wildman–Crippen MR) is 117 cm³/mol. The standard InChI is InChI=1S/C22H19ClN4OS/c23-16-7-5-14(6-8-16)20-17(13-24-26-20)22(28)27-11-9-15(10-12-27)21-25-18-3-1-2-4-19(18)29-21/h1-8,13,15H,9-12H2,(H,24,26). The summed E-state index contributed by atoms with van der Waals surface area (Å²) in [5.41, 5.74) is 3.31. The van der Waals surface area contributed by atoms with Gasteiger partial charge in [0.05, 0.1) is 32.7 Å². The summed E-state index contributed by atoms with van der Waals surface area (Å²) in [5.74, 6) is 0.433. The van der Waals surface area contributed by atoms with Gasteiger partial charge in [-0.2, -0.15) is 5.10 Å². The van der Waals surface area contributed by atoms with Gasteiger partial charge in [0.2, 0.25) is 0 Å². The van der Waals surface area contributed by atoms with E-state index >= 15 is 0 Å². The predicted octanol–water partition coefficient (Wildman–Crippen LogP) is 5.36. The van der Waals surface area contributed by atoms with Crippen LogP contribution in [0.3, 0.4) is 0 Å². The highest BCUT2D eigenvalue weighted by molar-refractivity contribution is 7.18. The molecule has 0 unspecified atom stereocenters. The lowest BCUT2D eigenvalue weighted by atomic mass is 9.96. The van der Waals surface area contributed by atoms with Gasteiger partial charge in [0, 0.05) is 29.6 Å². The van der Waals surface area contributed by atoms with Crippen molar-refractivity contribution in [1.29, 1.82) is 0 Å². The normalized spacial score (nSPS) is 15.1. The molecule has 0 radical (unpaired) electrons. The number of thiazole rings is 1. The summed E-state index contributed by atoms with van der Waals surface area (Å²) in [6.45, 7) is 1.45. The van der Waals surface area contributed by atoms with E-state index in [1.165, 1.54) is 9.71 Å². The molecule has 29 heavy (non-hydrogen) atoms. The van der Waals surface area contributed by atoms with E-state index in [1.807, 2.05) is 35.2 Å². The van der Waals surface area contributed by atoms with Gasteiger partial charge in [-0.25, -0.2) is 4.98 Å². The molecule has 1 fully saturated rings. The number of rotatable bonds is 3. The van der Waals surface area contributed by atoms with Gasteiger partial charge >= 0.3 is 0 Å². The van der Waals surface area contributed by atoms with Crippen LogP contribution in [-0.4, -0.2) is 39.1 Å². The maximum Gasteiger partial charge on any atom is 0.257 e. The SMILES string of the molecule is O=C(c1cn[nH]c1-c1ccc(Cl)cc1)N1CCC(c2nc3ccccc3s2)CC1. The molecular weight excluding hydrogens is 404 g/mol. The minimum absolute atomic E-state index is 0.0199. The minimum Gasteiger partial charge on any atom is -0.338 e. The summed E-state index contributed by atoms with van der Waals surface area (Å²) in [6.07, 6.45) is 3.48. The van der Waals surface area contributed by atoms with Crippen LogP contribution in [0.2, 0.25) is 5.02 Å². The number of carbonyl (C=O) groups is 1. The lowest BCUT2D eigenvalue weighted by molar-refractivity contribution is 0.0714. The number of aromatic amines is 1. The van der Waals surface area contributed by atoms with Crippen LogP contribution >= 0.6 is 22.9 Å². The summed E-state index contributed by atoms with van der Waals surface area (Å²) in [5, 5.41) is 8.92. The number of nitrogens with one attached hydrogen (secondary N) is 1. The number of benzene rings is 2. The summed E-state index contributed by atoms with van der Waals surface area (Å²) >= 11 is 7.75. The number of piperidine rings is 1. The summed E-state index contributed by atoms with van der Waals surface area (Å²) < 4.78 is 1.23. The molecule has 0 aliphatic carbocycles. The lowest BCUT2D eigenvalue weighted by Crippen LogP contribution is -2.38. The number of hydrogen-bond acceptors (Lipinski definition) is 4. The third-order valence-corrected chi connectivity index (χ3v) is 6.90. The molecule has 7 heteroatoms. The Balaban J connectivity index is 1.30. The first kappa shape index (κ1) is 18.3. The minimum atomic E-state index is 0.0199. The Hall–Kier alpha value is -2.70. The molecule has 3 heterocycles. The zero-order chi connectivity index (χ0) is 19.8. The van der Waals surface area contributed by atoms with E-state index in [9.17, 15) is 4.79 Å². The fourth-order valence-electron chi connectivity index (χ4n) is 3.85. The van der Waals surface area contributed by atoms with Crippen molar-refractivity contribution >= 4 is 39.1 Å². The van der Waals surface area contributed by atoms with Gasteiger partial charge in [-0.05, 0) is 37.1 Å². The van der Waals surface area contributed by atoms with Crippen molar-refractivity contribution in [2.24, 2.45) is 0 Å². The van der Waals surface area contributed by atoms with Crippen molar-refractivity contribution in [2.75, 3.05) is 13.1 Å². The molecule has 0 atom stereocenters. The number of carbonyl (C=O) groups excluding carboxylic acids is 1. The van der Waals surface area contributed by atoms with Gasteiger partial charge in [0.25, 0.3) is 5.91 Å². The van der Waals surface area contributed by atoms with Crippen LogP contribution in [0.5, 0.6) is 0 Å². The molecule has 2 aromatic carbocycles. The van der Waals surface area contributed by atoms with Gasteiger partial charge in [-0.1, -0.05) is 35.9 Å². The number of aromatic nitrogens is 3. The van der Waals surface area contributed by atoms with Gasteiger partial charge in [0.15, 0.2) is 0 Å². The Morgan fingerprint density at radius 3 is 2.62 bits per heavy atom. The van der Waals surface area contributed by atoms with E-state index in [4.69, 9.17) is 16.6 Å². The quantitative estimate of drug-likeness (QED) is 0.483. The van der Waals surface area contributed by atoms with Crippen LogP contribution in [0.4, 0.5) is 0 Å². The number of hydrogen-bond donors (Lipinski definition) is 1. The van der Waals surface area contributed by atoms with Gasteiger partial charge in [0.1, 0.15) is 0 Å². The molecule has 1 aliphatic rings. The van der Waals surface area contributed by atoms with E-state index < -0.39 is 0 Å². The van der Waals surface area contributed by atoms with E-state index in [0.717, 1.165) is 42.7 Å². The van der Waals surface area contributed by atoms with Crippen molar-refractivity contribution in [3.63, 3.8) is 0 Å².